The van der Waals surface area contributed by atoms with Gasteiger partial charge in [0, 0.05) is 59.8 Å². The summed E-state index contributed by atoms with van der Waals surface area (Å²) in [6, 6.07) is 8.29. The lowest BCUT2D eigenvalue weighted by Crippen LogP contribution is -2.38. The van der Waals surface area contributed by atoms with Crippen LogP contribution in [0.1, 0.15) is 66.3 Å². The lowest BCUT2D eigenvalue weighted by molar-refractivity contribution is -0.0323. The van der Waals surface area contributed by atoms with E-state index in [1.54, 1.807) is 11.3 Å². The highest BCUT2D eigenvalue weighted by Gasteiger charge is 2.30. The molecule has 1 aromatic carbocycles. The highest BCUT2D eigenvalue weighted by Crippen LogP contribution is 2.38. The van der Waals surface area contributed by atoms with Crippen LogP contribution in [0.2, 0.25) is 0 Å². The number of carbonyl (C=O) groups is 1. The first-order valence-electron chi connectivity index (χ1n) is 10.9. The summed E-state index contributed by atoms with van der Waals surface area (Å²) in [7, 11) is 0. The quantitative estimate of drug-likeness (QED) is 0.613. The van der Waals surface area contributed by atoms with Gasteiger partial charge in [0.25, 0.3) is 5.91 Å². The summed E-state index contributed by atoms with van der Waals surface area (Å²) in [5.74, 6) is 1.17. The predicted molar refractivity (Wildman–Crippen MR) is 125 cm³/mol. The third kappa shape index (κ3) is 4.95. The zero-order valence-corrected chi connectivity index (χ0v) is 19.4. The van der Waals surface area contributed by atoms with Gasteiger partial charge >= 0.3 is 0 Å². The lowest BCUT2D eigenvalue weighted by Gasteiger charge is -2.33. The molecule has 4 rings (SSSR count). The fraction of sp³-hybridized carbons (Fsp3) is 0.458. The van der Waals surface area contributed by atoms with Crippen LogP contribution < -0.4 is 5.32 Å². The van der Waals surface area contributed by atoms with E-state index >= 15 is 0 Å². The molecule has 1 N–H and O–H groups in total. The SMILES string of the molecule is CC(C)NC(=O)c1sc2ccccc2c1C1CN(Cc2cnc(C(C)C)nc2)CCO1. The standard InChI is InChI=1S/C24H30N4O2S/c1-15(2)23-25-11-17(12-26-23)13-28-9-10-30-19(14-28)21-18-7-5-6-8-20(18)31-22(21)24(29)27-16(3)4/h5-8,11-12,15-16,19H,9-10,13-14H2,1-4H3,(H,27,29). The summed E-state index contributed by atoms with van der Waals surface area (Å²) < 4.78 is 7.31. The summed E-state index contributed by atoms with van der Waals surface area (Å²) >= 11 is 1.55. The zero-order valence-electron chi connectivity index (χ0n) is 18.6. The van der Waals surface area contributed by atoms with Crippen molar-refractivity contribution in [2.75, 3.05) is 19.7 Å². The molecule has 1 fully saturated rings. The molecule has 0 radical (unpaired) electrons. The first kappa shape index (κ1) is 21.9. The number of aromatic nitrogens is 2. The normalized spacial score (nSPS) is 17.5. The van der Waals surface area contributed by atoms with Crippen molar-refractivity contribution in [1.29, 1.82) is 0 Å². The number of fused-ring (bicyclic) bond motifs is 1. The van der Waals surface area contributed by atoms with Crippen molar-refractivity contribution in [3.8, 4) is 0 Å². The Morgan fingerprint density at radius 3 is 2.68 bits per heavy atom. The van der Waals surface area contributed by atoms with E-state index in [2.05, 4.69) is 46.2 Å². The van der Waals surface area contributed by atoms with E-state index in [9.17, 15) is 4.79 Å². The van der Waals surface area contributed by atoms with Gasteiger partial charge in [0.05, 0.1) is 17.6 Å². The van der Waals surface area contributed by atoms with Gasteiger partial charge in [-0.05, 0) is 25.3 Å². The summed E-state index contributed by atoms with van der Waals surface area (Å²) in [5, 5.41) is 4.16. The van der Waals surface area contributed by atoms with Gasteiger partial charge in [0.15, 0.2) is 0 Å². The first-order valence-corrected chi connectivity index (χ1v) is 11.7. The number of benzene rings is 1. The molecule has 1 saturated heterocycles. The molecular weight excluding hydrogens is 408 g/mol. The van der Waals surface area contributed by atoms with E-state index in [1.165, 1.54) is 0 Å². The average Bonchev–Trinajstić information content (AvgIpc) is 3.14. The Labute approximate surface area is 187 Å². The van der Waals surface area contributed by atoms with E-state index in [1.807, 2.05) is 38.4 Å². The minimum atomic E-state index is -0.145. The molecule has 164 valence electrons. The second-order valence-corrected chi connectivity index (χ2v) is 9.72. The molecule has 3 aromatic rings. The molecule has 1 atom stereocenters. The maximum absolute atomic E-state index is 13.0. The topological polar surface area (TPSA) is 67.4 Å². The van der Waals surface area contributed by atoms with E-state index in [0.717, 1.165) is 51.5 Å². The third-order valence-electron chi connectivity index (χ3n) is 5.38. The number of amides is 1. The number of rotatable bonds is 6. The van der Waals surface area contributed by atoms with E-state index < -0.39 is 0 Å². The van der Waals surface area contributed by atoms with Crippen LogP contribution in [0.3, 0.4) is 0 Å². The van der Waals surface area contributed by atoms with Gasteiger partial charge in [-0.2, -0.15) is 0 Å². The van der Waals surface area contributed by atoms with Gasteiger partial charge in [0.1, 0.15) is 5.82 Å². The summed E-state index contributed by atoms with van der Waals surface area (Å²) in [5.41, 5.74) is 2.10. The van der Waals surface area contributed by atoms with Crippen molar-refractivity contribution in [2.45, 2.75) is 52.3 Å². The van der Waals surface area contributed by atoms with E-state index in [4.69, 9.17) is 4.74 Å². The Balaban J connectivity index is 1.58. The molecule has 1 aliphatic rings. The Kier molecular flexibility index (Phi) is 6.65. The van der Waals surface area contributed by atoms with Gasteiger partial charge < -0.3 is 10.1 Å². The average molecular weight is 439 g/mol. The Morgan fingerprint density at radius 1 is 1.23 bits per heavy atom. The van der Waals surface area contributed by atoms with Crippen molar-refractivity contribution >= 4 is 27.3 Å². The van der Waals surface area contributed by atoms with Crippen molar-refractivity contribution in [1.82, 2.24) is 20.2 Å². The van der Waals surface area contributed by atoms with Crippen LogP contribution in [-0.4, -0.2) is 46.5 Å². The molecule has 0 aliphatic carbocycles. The summed E-state index contributed by atoms with van der Waals surface area (Å²) in [6.45, 7) is 11.1. The molecule has 1 amide bonds. The molecule has 31 heavy (non-hydrogen) atoms. The zero-order chi connectivity index (χ0) is 22.0. The Bertz CT molecular complexity index is 1050. The minimum absolute atomic E-state index is 0.0235. The number of carbonyl (C=O) groups excluding carboxylic acids is 1. The van der Waals surface area contributed by atoms with Crippen LogP contribution in [0, 0.1) is 0 Å². The van der Waals surface area contributed by atoms with Crippen molar-refractivity contribution in [3.63, 3.8) is 0 Å². The maximum Gasteiger partial charge on any atom is 0.261 e. The van der Waals surface area contributed by atoms with Gasteiger partial charge in [-0.1, -0.05) is 32.0 Å². The van der Waals surface area contributed by atoms with Crippen LogP contribution in [-0.2, 0) is 11.3 Å². The largest absolute Gasteiger partial charge is 0.371 e. The van der Waals surface area contributed by atoms with Crippen LogP contribution in [0.5, 0.6) is 0 Å². The molecule has 0 spiro atoms. The Hall–Kier alpha value is -2.35. The molecule has 1 aliphatic heterocycles. The summed E-state index contributed by atoms with van der Waals surface area (Å²) in [4.78, 5) is 25.1. The van der Waals surface area contributed by atoms with Gasteiger partial charge in [-0.25, -0.2) is 9.97 Å². The Morgan fingerprint density at radius 2 is 1.97 bits per heavy atom. The molecule has 1 unspecified atom stereocenters. The monoisotopic (exact) mass is 438 g/mol. The van der Waals surface area contributed by atoms with Gasteiger partial charge in [-0.15, -0.1) is 11.3 Å². The fourth-order valence-corrected chi connectivity index (χ4v) is 5.06. The van der Waals surface area contributed by atoms with Crippen molar-refractivity contribution < 1.29 is 9.53 Å². The molecule has 6 nitrogen and oxygen atoms in total. The molecule has 7 heteroatoms. The molecule has 0 bridgehead atoms. The number of hydrogen-bond donors (Lipinski definition) is 1. The van der Waals surface area contributed by atoms with Crippen molar-refractivity contribution in [2.24, 2.45) is 0 Å². The maximum atomic E-state index is 13.0. The van der Waals surface area contributed by atoms with Gasteiger partial charge in [-0.3, -0.25) is 9.69 Å². The number of nitrogens with zero attached hydrogens (tertiary/aromatic N) is 3. The highest BCUT2D eigenvalue weighted by molar-refractivity contribution is 7.21. The molecule has 3 heterocycles. The van der Waals surface area contributed by atoms with Crippen LogP contribution in [0.25, 0.3) is 10.1 Å². The minimum Gasteiger partial charge on any atom is -0.371 e. The van der Waals surface area contributed by atoms with Crippen molar-refractivity contribution in [3.05, 3.63) is 58.5 Å². The van der Waals surface area contributed by atoms with Gasteiger partial charge in [0.2, 0.25) is 0 Å². The second kappa shape index (κ2) is 9.42. The van der Waals surface area contributed by atoms with Crippen LogP contribution >= 0.6 is 11.3 Å². The lowest BCUT2D eigenvalue weighted by atomic mass is 10.0. The highest BCUT2D eigenvalue weighted by atomic mass is 32.1. The third-order valence-corrected chi connectivity index (χ3v) is 6.57. The molecule has 2 aromatic heterocycles. The number of hydrogen-bond acceptors (Lipinski definition) is 6. The molecular formula is C24H30N4O2S. The molecule has 0 saturated carbocycles. The number of nitrogens with one attached hydrogen (secondary N) is 1. The second-order valence-electron chi connectivity index (χ2n) is 8.67. The van der Waals surface area contributed by atoms with E-state index in [-0.39, 0.29) is 18.1 Å². The number of morpholine rings is 1. The van der Waals surface area contributed by atoms with Crippen LogP contribution in [0.4, 0.5) is 0 Å². The number of ether oxygens (including phenoxy) is 1. The first-order chi connectivity index (χ1) is 14.9. The van der Waals surface area contributed by atoms with E-state index in [0.29, 0.717) is 12.5 Å². The summed E-state index contributed by atoms with van der Waals surface area (Å²) in [6.07, 6.45) is 3.71. The predicted octanol–water partition coefficient (Wildman–Crippen LogP) is 4.53. The smallest absolute Gasteiger partial charge is 0.261 e. The number of thiophene rings is 1. The van der Waals surface area contributed by atoms with Crippen LogP contribution in [0.15, 0.2) is 36.7 Å². The fourth-order valence-electron chi connectivity index (χ4n) is 3.90.